The van der Waals surface area contributed by atoms with Crippen LogP contribution in [0.5, 0.6) is 5.75 Å². The van der Waals surface area contributed by atoms with Gasteiger partial charge < -0.3 is 23.4 Å². The quantitative estimate of drug-likeness (QED) is 0.360. The van der Waals surface area contributed by atoms with Crippen LogP contribution >= 0.6 is 0 Å². The fraction of sp³-hybridized carbons (Fsp3) is 0.320. The number of furan rings is 1. The van der Waals surface area contributed by atoms with Crippen molar-refractivity contribution >= 4 is 17.7 Å². The molecule has 1 aromatic carbocycles. The minimum atomic E-state index is -0.503. The first-order valence-electron chi connectivity index (χ1n) is 10.6. The first kappa shape index (κ1) is 23.8. The average molecular weight is 453 g/mol. The SMILES string of the molecule is CCn1c(C)c(C(=O)CN(Cc2ccco2)C(=O)c2cccc(OC)c2)c(C)c1C(=O)OC. The summed E-state index contributed by atoms with van der Waals surface area (Å²) in [7, 11) is 2.83. The Labute approximate surface area is 192 Å². The topological polar surface area (TPSA) is 91.0 Å². The Bertz CT molecular complexity index is 1160. The molecule has 1 amide bonds. The van der Waals surface area contributed by atoms with Gasteiger partial charge in [-0.15, -0.1) is 0 Å². The number of ether oxygens (including phenoxy) is 2. The van der Waals surface area contributed by atoms with E-state index < -0.39 is 5.97 Å². The Morgan fingerprint density at radius 2 is 1.85 bits per heavy atom. The molecule has 0 aliphatic rings. The van der Waals surface area contributed by atoms with Gasteiger partial charge in [-0.3, -0.25) is 9.59 Å². The summed E-state index contributed by atoms with van der Waals surface area (Å²) in [6, 6.07) is 10.2. The Morgan fingerprint density at radius 3 is 2.45 bits per heavy atom. The number of rotatable bonds is 9. The van der Waals surface area contributed by atoms with Crippen LogP contribution in [-0.4, -0.2) is 47.9 Å². The van der Waals surface area contributed by atoms with Gasteiger partial charge in [0.1, 0.15) is 17.2 Å². The summed E-state index contributed by atoms with van der Waals surface area (Å²) in [6.45, 7) is 5.83. The summed E-state index contributed by atoms with van der Waals surface area (Å²) in [5, 5.41) is 0. The van der Waals surface area contributed by atoms with E-state index in [1.165, 1.54) is 25.4 Å². The van der Waals surface area contributed by atoms with E-state index in [0.717, 1.165) is 0 Å². The highest BCUT2D eigenvalue weighted by Gasteiger charge is 2.29. The second-order valence-corrected chi connectivity index (χ2v) is 7.57. The third-order valence-corrected chi connectivity index (χ3v) is 5.61. The summed E-state index contributed by atoms with van der Waals surface area (Å²) in [4.78, 5) is 40.6. The number of Topliss-reactive ketones (excluding diaryl/α,β-unsaturated/α-hetero) is 1. The lowest BCUT2D eigenvalue weighted by Crippen LogP contribution is -2.35. The third kappa shape index (κ3) is 4.84. The Balaban J connectivity index is 1.98. The molecule has 3 rings (SSSR count). The standard InChI is InChI=1S/C25H28N2O6/c1-6-27-17(3)22(16(2)23(27)25(30)32-5)21(28)15-26(14-20-11-8-12-33-20)24(29)18-9-7-10-19(13-18)31-4/h7-13H,6,14-15H2,1-5H3. The highest BCUT2D eigenvalue weighted by atomic mass is 16.5. The van der Waals surface area contributed by atoms with Gasteiger partial charge in [0, 0.05) is 23.4 Å². The summed E-state index contributed by atoms with van der Waals surface area (Å²) in [5.74, 6) is -0.0213. The zero-order valence-electron chi connectivity index (χ0n) is 19.5. The third-order valence-electron chi connectivity index (χ3n) is 5.61. The van der Waals surface area contributed by atoms with E-state index in [-0.39, 0.29) is 24.8 Å². The van der Waals surface area contributed by atoms with E-state index in [1.54, 1.807) is 54.8 Å². The van der Waals surface area contributed by atoms with Crippen molar-refractivity contribution in [2.24, 2.45) is 0 Å². The minimum Gasteiger partial charge on any atom is -0.497 e. The normalized spacial score (nSPS) is 10.7. The van der Waals surface area contributed by atoms with Gasteiger partial charge in [0.2, 0.25) is 0 Å². The molecule has 8 nitrogen and oxygen atoms in total. The number of hydrogen-bond donors (Lipinski definition) is 0. The number of carbonyl (C=O) groups is 3. The van der Waals surface area contributed by atoms with Crippen molar-refractivity contribution < 1.29 is 28.3 Å². The second-order valence-electron chi connectivity index (χ2n) is 7.57. The van der Waals surface area contributed by atoms with Crippen LogP contribution < -0.4 is 4.74 Å². The molecule has 0 radical (unpaired) electrons. The van der Waals surface area contributed by atoms with E-state index >= 15 is 0 Å². The maximum absolute atomic E-state index is 13.5. The maximum Gasteiger partial charge on any atom is 0.354 e. The lowest BCUT2D eigenvalue weighted by molar-refractivity contribution is 0.0587. The van der Waals surface area contributed by atoms with E-state index in [2.05, 4.69) is 0 Å². The lowest BCUT2D eigenvalue weighted by atomic mass is 10.0. The summed E-state index contributed by atoms with van der Waals surface area (Å²) < 4.78 is 17.3. The van der Waals surface area contributed by atoms with Crippen LogP contribution in [0.1, 0.15) is 55.1 Å². The molecule has 0 aliphatic carbocycles. The van der Waals surface area contributed by atoms with Gasteiger partial charge in [-0.25, -0.2) is 4.79 Å². The van der Waals surface area contributed by atoms with Gasteiger partial charge in [0.15, 0.2) is 5.78 Å². The van der Waals surface area contributed by atoms with Crippen LogP contribution in [-0.2, 0) is 17.8 Å². The van der Waals surface area contributed by atoms with E-state index in [0.29, 0.717) is 46.1 Å². The monoisotopic (exact) mass is 452 g/mol. The van der Waals surface area contributed by atoms with Crippen molar-refractivity contribution in [1.29, 1.82) is 0 Å². The fourth-order valence-corrected chi connectivity index (χ4v) is 4.04. The number of amides is 1. The van der Waals surface area contributed by atoms with Crippen LogP contribution in [0.15, 0.2) is 47.1 Å². The molecule has 8 heteroatoms. The largest absolute Gasteiger partial charge is 0.497 e. The molecular weight excluding hydrogens is 424 g/mol. The van der Waals surface area contributed by atoms with E-state index in [9.17, 15) is 14.4 Å². The van der Waals surface area contributed by atoms with Crippen molar-refractivity contribution in [2.75, 3.05) is 20.8 Å². The summed E-state index contributed by atoms with van der Waals surface area (Å²) in [5.41, 5.74) is 2.35. The zero-order chi connectivity index (χ0) is 24.1. The highest BCUT2D eigenvalue weighted by molar-refractivity contribution is 6.06. The molecule has 0 unspecified atom stereocenters. The molecule has 0 fully saturated rings. The van der Waals surface area contributed by atoms with Crippen LogP contribution in [0.2, 0.25) is 0 Å². The zero-order valence-corrected chi connectivity index (χ0v) is 19.5. The van der Waals surface area contributed by atoms with E-state index in [4.69, 9.17) is 13.9 Å². The fourth-order valence-electron chi connectivity index (χ4n) is 4.04. The van der Waals surface area contributed by atoms with Crippen molar-refractivity contribution in [2.45, 2.75) is 33.9 Å². The minimum absolute atomic E-state index is 0.116. The molecule has 0 saturated carbocycles. The van der Waals surface area contributed by atoms with Gasteiger partial charge in [-0.05, 0) is 56.7 Å². The number of methoxy groups -OCH3 is 2. The first-order valence-corrected chi connectivity index (χ1v) is 10.6. The molecule has 174 valence electrons. The van der Waals surface area contributed by atoms with Gasteiger partial charge in [0.25, 0.3) is 5.91 Å². The summed E-state index contributed by atoms with van der Waals surface area (Å²) in [6.07, 6.45) is 1.52. The van der Waals surface area contributed by atoms with E-state index in [1.807, 2.05) is 6.92 Å². The number of hydrogen-bond acceptors (Lipinski definition) is 6. The van der Waals surface area contributed by atoms with Crippen molar-refractivity contribution in [3.05, 3.63) is 76.5 Å². The Hall–Kier alpha value is -3.81. The molecule has 0 saturated heterocycles. The molecule has 0 aliphatic heterocycles. The molecule has 0 bridgehead atoms. The van der Waals surface area contributed by atoms with Gasteiger partial charge in [0.05, 0.1) is 33.6 Å². The summed E-state index contributed by atoms with van der Waals surface area (Å²) >= 11 is 0. The highest BCUT2D eigenvalue weighted by Crippen LogP contribution is 2.25. The Kier molecular flexibility index (Phi) is 7.37. The number of ketones is 1. The molecule has 2 heterocycles. The predicted octanol–water partition coefficient (Wildman–Crippen LogP) is 4.04. The molecule has 0 atom stereocenters. The first-order chi connectivity index (χ1) is 15.8. The number of aromatic nitrogens is 1. The van der Waals surface area contributed by atoms with Crippen LogP contribution in [0, 0.1) is 13.8 Å². The number of carbonyl (C=O) groups excluding carboxylic acids is 3. The number of nitrogens with zero attached hydrogens (tertiary/aromatic N) is 2. The molecular formula is C25H28N2O6. The lowest BCUT2D eigenvalue weighted by Gasteiger charge is -2.21. The molecule has 33 heavy (non-hydrogen) atoms. The number of esters is 1. The molecule has 2 aromatic heterocycles. The van der Waals surface area contributed by atoms with Crippen molar-refractivity contribution in [3.8, 4) is 5.75 Å². The second kappa shape index (κ2) is 10.2. The van der Waals surface area contributed by atoms with Crippen LogP contribution in [0.4, 0.5) is 0 Å². The Morgan fingerprint density at radius 1 is 1.09 bits per heavy atom. The van der Waals surface area contributed by atoms with Gasteiger partial charge in [-0.1, -0.05) is 6.07 Å². The van der Waals surface area contributed by atoms with Crippen LogP contribution in [0.3, 0.4) is 0 Å². The number of benzene rings is 1. The maximum atomic E-state index is 13.5. The van der Waals surface area contributed by atoms with Gasteiger partial charge >= 0.3 is 5.97 Å². The predicted molar refractivity (Wildman–Crippen MR) is 122 cm³/mol. The van der Waals surface area contributed by atoms with Crippen LogP contribution in [0.25, 0.3) is 0 Å². The van der Waals surface area contributed by atoms with Gasteiger partial charge in [-0.2, -0.15) is 0 Å². The average Bonchev–Trinajstić information content (AvgIpc) is 3.42. The van der Waals surface area contributed by atoms with Crippen molar-refractivity contribution in [1.82, 2.24) is 9.47 Å². The van der Waals surface area contributed by atoms with Crippen molar-refractivity contribution in [3.63, 3.8) is 0 Å². The molecule has 3 aromatic rings. The molecule has 0 N–H and O–H groups in total. The smallest absolute Gasteiger partial charge is 0.354 e. The molecule has 0 spiro atoms.